The Hall–Kier alpha value is -0.930. The van der Waals surface area contributed by atoms with E-state index in [1.165, 1.54) is 12.1 Å². The fourth-order valence-corrected chi connectivity index (χ4v) is 2.25. The Bertz CT molecular complexity index is 344. The van der Waals surface area contributed by atoms with Crippen LogP contribution in [0.5, 0.6) is 0 Å². The zero-order valence-electron chi connectivity index (χ0n) is 8.62. The van der Waals surface area contributed by atoms with Gasteiger partial charge in [-0.25, -0.2) is 4.39 Å². The predicted molar refractivity (Wildman–Crippen MR) is 56.7 cm³/mol. The smallest absolute Gasteiger partial charge is 0.123 e. The van der Waals surface area contributed by atoms with Crippen molar-refractivity contribution in [2.45, 2.75) is 25.4 Å². The van der Waals surface area contributed by atoms with Crippen molar-refractivity contribution in [2.24, 2.45) is 11.1 Å². The predicted octanol–water partition coefficient (Wildman–Crippen LogP) is 1.99. The molecule has 0 saturated heterocycles. The maximum absolute atomic E-state index is 13.0. The van der Waals surface area contributed by atoms with Crippen molar-refractivity contribution in [3.63, 3.8) is 0 Å². The lowest BCUT2D eigenvalue weighted by Gasteiger charge is -2.44. The number of hydrogen-bond acceptors (Lipinski definition) is 2. The molecule has 2 nitrogen and oxygen atoms in total. The molecule has 1 aromatic carbocycles. The standard InChI is InChI=1S/C12H16FNO/c13-10-4-1-3-9(7-10)11(15)12(8-14)5-2-6-12/h1,3-4,7,11,15H,2,5-6,8,14H2. The first kappa shape index (κ1) is 10.6. The largest absolute Gasteiger partial charge is 0.388 e. The van der Waals surface area contributed by atoms with E-state index < -0.39 is 6.10 Å². The van der Waals surface area contributed by atoms with Gasteiger partial charge in [-0.15, -0.1) is 0 Å². The molecular weight excluding hydrogens is 193 g/mol. The van der Waals surface area contributed by atoms with Crippen LogP contribution < -0.4 is 5.73 Å². The van der Waals surface area contributed by atoms with Gasteiger partial charge < -0.3 is 10.8 Å². The highest BCUT2D eigenvalue weighted by molar-refractivity contribution is 5.22. The first-order chi connectivity index (χ1) is 7.18. The molecule has 1 aliphatic rings. The Balaban J connectivity index is 2.23. The van der Waals surface area contributed by atoms with Gasteiger partial charge in [0.1, 0.15) is 5.82 Å². The highest BCUT2D eigenvalue weighted by Gasteiger charge is 2.42. The number of hydrogen-bond donors (Lipinski definition) is 2. The first-order valence-electron chi connectivity index (χ1n) is 5.31. The van der Waals surface area contributed by atoms with Crippen LogP contribution in [0.3, 0.4) is 0 Å². The van der Waals surface area contributed by atoms with Gasteiger partial charge in [-0.1, -0.05) is 18.6 Å². The summed E-state index contributed by atoms with van der Waals surface area (Å²) in [7, 11) is 0. The summed E-state index contributed by atoms with van der Waals surface area (Å²) < 4.78 is 13.0. The number of aliphatic hydroxyl groups is 1. The average Bonchev–Trinajstić information content (AvgIpc) is 2.17. The number of nitrogens with two attached hydrogens (primary N) is 1. The molecule has 0 aliphatic heterocycles. The summed E-state index contributed by atoms with van der Waals surface area (Å²) in [5.74, 6) is -0.307. The molecule has 0 aromatic heterocycles. The van der Waals surface area contributed by atoms with Gasteiger partial charge in [0.15, 0.2) is 0 Å². The van der Waals surface area contributed by atoms with Gasteiger partial charge in [-0.2, -0.15) is 0 Å². The second kappa shape index (κ2) is 3.91. The lowest BCUT2D eigenvalue weighted by molar-refractivity contribution is -0.0298. The molecule has 3 heteroatoms. The highest BCUT2D eigenvalue weighted by Crippen LogP contribution is 2.49. The highest BCUT2D eigenvalue weighted by atomic mass is 19.1. The summed E-state index contributed by atoms with van der Waals surface area (Å²) >= 11 is 0. The van der Waals surface area contributed by atoms with Crippen LogP contribution in [0.1, 0.15) is 30.9 Å². The SMILES string of the molecule is NCC1(C(O)c2cccc(F)c2)CCC1. The Kier molecular flexibility index (Phi) is 2.76. The molecule has 1 atom stereocenters. The van der Waals surface area contributed by atoms with E-state index in [1.807, 2.05) is 0 Å². The zero-order chi connectivity index (χ0) is 10.9. The summed E-state index contributed by atoms with van der Waals surface area (Å²) in [5.41, 5.74) is 6.12. The molecular formula is C12H16FNO. The molecule has 15 heavy (non-hydrogen) atoms. The molecule has 0 amide bonds. The quantitative estimate of drug-likeness (QED) is 0.799. The van der Waals surface area contributed by atoms with E-state index in [2.05, 4.69) is 0 Å². The molecule has 1 aromatic rings. The zero-order valence-corrected chi connectivity index (χ0v) is 8.62. The molecule has 1 unspecified atom stereocenters. The van der Waals surface area contributed by atoms with Crippen LogP contribution in [0, 0.1) is 11.2 Å². The monoisotopic (exact) mass is 209 g/mol. The van der Waals surface area contributed by atoms with E-state index in [1.54, 1.807) is 12.1 Å². The molecule has 3 N–H and O–H groups in total. The minimum atomic E-state index is -0.632. The van der Waals surface area contributed by atoms with Gasteiger partial charge in [0.05, 0.1) is 6.10 Å². The third kappa shape index (κ3) is 1.77. The van der Waals surface area contributed by atoms with Crippen molar-refractivity contribution in [1.82, 2.24) is 0 Å². The molecule has 0 heterocycles. The van der Waals surface area contributed by atoms with E-state index in [4.69, 9.17) is 5.73 Å². The molecule has 1 saturated carbocycles. The maximum atomic E-state index is 13.0. The van der Waals surface area contributed by atoms with Crippen LogP contribution in [-0.4, -0.2) is 11.7 Å². The third-order valence-electron chi connectivity index (χ3n) is 3.50. The maximum Gasteiger partial charge on any atom is 0.123 e. The van der Waals surface area contributed by atoms with Crippen molar-refractivity contribution < 1.29 is 9.50 Å². The van der Waals surface area contributed by atoms with Crippen LogP contribution in [0.4, 0.5) is 4.39 Å². The molecule has 1 fully saturated rings. The Morgan fingerprint density at radius 1 is 1.47 bits per heavy atom. The van der Waals surface area contributed by atoms with E-state index >= 15 is 0 Å². The summed E-state index contributed by atoms with van der Waals surface area (Å²) in [6.07, 6.45) is 2.33. The molecule has 0 spiro atoms. The van der Waals surface area contributed by atoms with Crippen LogP contribution in [0.15, 0.2) is 24.3 Å². The summed E-state index contributed by atoms with van der Waals surface area (Å²) in [6, 6.07) is 6.15. The van der Waals surface area contributed by atoms with Crippen LogP contribution >= 0.6 is 0 Å². The average molecular weight is 209 g/mol. The second-order valence-electron chi connectivity index (χ2n) is 4.38. The van der Waals surface area contributed by atoms with Gasteiger partial charge >= 0.3 is 0 Å². The minimum absolute atomic E-state index is 0.214. The van der Waals surface area contributed by atoms with Crippen LogP contribution in [0.25, 0.3) is 0 Å². The Labute approximate surface area is 88.9 Å². The lowest BCUT2D eigenvalue weighted by atomic mass is 9.63. The van der Waals surface area contributed by atoms with Crippen molar-refractivity contribution >= 4 is 0 Å². The fourth-order valence-electron chi connectivity index (χ4n) is 2.25. The molecule has 2 rings (SSSR count). The van der Waals surface area contributed by atoms with Gasteiger partial charge in [0, 0.05) is 12.0 Å². The van der Waals surface area contributed by atoms with Crippen molar-refractivity contribution in [3.8, 4) is 0 Å². The van der Waals surface area contributed by atoms with E-state index in [9.17, 15) is 9.50 Å². The van der Waals surface area contributed by atoms with E-state index in [-0.39, 0.29) is 11.2 Å². The van der Waals surface area contributed by atoms with Gasteiger partial charge in [0.25, 0.3) is 0 Å². The first-order valence-corrected chi connectivity index (χ1v) is 5.31. The second-order valence-corrected chi connectivity index (χ2v) is 4.38. The fraction of sp³-hybridized carbons (Fsp3) is 0.500. The minimum Gasteiger partial charge on any atom is -0.388 e. The summed E-state index contributed by atoms with van der Waals surface area (Å²) in [4.78, 5) is 0. The van der Waals surface area contributed by atoms with Gasteiger partial charge in [0.2, 0.25) is 0 Å². The topological polar surface area (TPSA) is 46.2 Å². The molecule has 0 bridgehead atoms. The third-order valence-corrected chi connectivity index (χ3v) is 3.50. The normalized spacial score (nSPS) is 20.7. The van der Waals surface area contributed by atoms with Crippen LogP contribution in [-0.2, 0) is 0 Å². The summed E-state index contributed by atoms with van der Waals surface area (Å²) in [6.45, 7) is 0.463. The lowest BCUT2D eigenvalue weighted by Crippen LogP contribution is -2.42. The summed E-state index contributed by atoms with van der Waals surface area (Å²) in [5, 5.41) is 10.2. The molecule has 1 aliphatic carbocycles. The number of rotatable bonds is 3. The van der Waals surface area contributed by atoms with E-state index in [0.29, 0.717) is 12.1 Å². The molecule has 0 radical (unpaired) electrons. The van der Waals surface area contributed by atoms with Crippen molar-refractivity contribution in [2.75, 3.05) is 6.54 Å². The number of benzene rings is 1. The molecule has 82 valence electrons. The Morgan fingerprint density at radius 2 is 2.20 bits per heavy atom. The van der Waals surface area contributed by atoms with Crippen molar-refractivity contribution in [1.29, 1.82) is 0 Å². The van der Waals surface area contributed by atoms with Gasteiger partial charge in [-0.05, 0) is 30.5 Å². The number of aliphatic hydroxyl groups excluding tert-OH is 1. The van der Waals surface area contributed by atoms with E-state index in [0.717, 1.165) is 19.3 Å². The number of halogens is 1. The van der Waals surface area contributed by atoms with Crippen molar-refractivity contribution in [3.05, 3.63) is 35.6 Å². The Morgan fingerprint density at radius 3 is 2.67 bits per heavy atom. The van der Waals surface area contributed by atoms with Gasteiger partial charge in [-0.3, -0.25) is 0 Å². The van der Waals surface area contributed by atoms with Crippen LogP contribution in [0.2, 0.25) is 0 Å².